The van der Waals surface area contributed by atoms with Gasteiger partial charge in [0.25, 0.3) is 0 Å². The van der Waals surface area contributed by atoms with Crippen molar-refractivity contribution in [2.24, 2.45) is 0 Å². The molecule has 0 amide bonds. The number of aryl methyl sites for hydroxylation is 3. The van der Waals surface area contributed by atoms with E-state index in [-0.39, 0.29) is 6.10 Å². The molecule has 1 aromatic carbocycles. The van der Waals surface area contributed by atoms with Crippen LogP contribution in [-0.2, 0) is 0 Å². The number of hydrogen-bond acceptors (Lipinski definition) is 1. The molecule has 1 atom stereocenters. The second-order valence-electron chi connectivity index (χ2n) is 5.62. The fourth-order valence-corrected chi connectivity index (χ4v) is 2.79. The minimum atomic E-state index is -0.339. The van der Waals surface area contributed by atoms with E-state index in [4.69, 9.17) is 0 Å². The lowest BCUT2D eigenvalue weighted by atomic mass is 9.90. The van der Waals surface area contributed by atoms with E-state index in [1.165, 1.54) is 47.9 Å². The third kappa shape index (κ3) is 3.02. The van der Waals surface area contributed by atoms with Gasteiger partial charge in [-0.3, -0.25) is 0 Å². The maximum atomic E-state index is 10.4. The Labute approximate surface area is 111 Å². The zero-order valence-electron chi connectivity index (χ0n) is 11.8. The van der Waals surface area contributed by atoms with E-state index in [1.54, 1.807) is 0 Å². The van der Waals surface area contributed by atoms with Crippen LogP contribution in [0.25, 0.3) is 0 Å². The summed E-state index contributed by atoms with van der Waals surface area (Å²) in [5, 5.41) is 10.4. The normalized spacial score (nSPS) is 17.4. The highest BCUT2D eigenvalue weighted by Gasteiger charge is 2.15. The first-order chi connectivity index (χ1) is 8.58. The van der Waals surface area contributed by atoms with Crippen LogP contribution in [0.3, 0.4) is 0 Å². The monoisotopic (exact) mass is 244 g/mol. The first-order valence-corrected chi connectivity index (χ1v) is 7.01. The lowest BCUT2D eigenvalue weighted by Crippen LogP contribution is -2.04. The Balaban J connectivity index is 2.15. The molecule has 0 heterocycles. The second-order valence-corrected chi connectivity index (χ2v) is 5.62. The summed E-state index contributed by atoms with van der Waals surface area (Å²) < 4.78 is 0. The predicted octanol–water partition coefficient (Wildman–Crippen LogP) is 4.54. The summed E-state index contributed by atoms with van der Waals surface area (Å²) in [6.45, 7) is 6.34. The number of rotatable bonds is 3. The van der Waals surface area contributed by atoms with Crippen molar-refractivity contribution in [3.63, 3.8) is 0 Å². The molecule has 1 nitrogen and oxygen atoms in total. The van der Waals surface area contributed by atoms with Crippen LogP contribution in [0.4, 0.5) is 0 Å². The van der Waals surface area contributed by atoms with Gasteiger partial charge >= 0.3 is 0 Å². The lowest BCUT2D eigenvalue weighted by Gasteiger charge is -2.19. The van der Waals surface area contributed by atoms with Crippen LogP contribution >= 0.6 is 0 Å². The van der Waals surface area contributed by atoms with Gasteiger partial charge in [-0.25, -0.2) is 0 Å². The second kappa shape index (κ2) is 5.71. The highest BCUT2D eigenvalue weighted by molar-refractivity contribution is 5.38. The van der Waals surface area contributed by atoms with Crippen LogP contribution in [0.5, 0.6) is 0 Å². The first-order valence-electron chi connectivity index (χ1n) is 7.01. The molecule has 98 valence electrons. The van der Waals surface area contributed by atoms with E-state index in [0.29, 0.717) is 0 Å². The first kappa shape index (κ1) is 13.4. The topological polar surface area (TPSA) is 20.2 Å². The van der Waals surface area contributed by atoms with Crippen LogP contribution < -0.4 is 0 Å². The summed E-state index contributed by atoms with van der Waals surface area (Å²) in [4.78, 5) is 0. The van der Waals surface area contributed by atoms with E-state index < -0.39 is 0 Å². The van der Waals surface area contributed by atoms with E-state index in [1.807, 2.05) is 0 Å². The van der Waals surface area contributed by atoms with Gasteiger partial charge < -0.3 is 5.11 Å². The summed E-state index contributed by atoms with van der Waals surface area (Å²) in [6, 6.07) is 4.34. The van der Waals surface area contributed by atoms with Crippen molar-refractivity contribution in [3.8, 4) is 0 Å². The molecule has 18 heavy (non-hydrogen) atoms. The van der Waals surface area contributed by atoms with Gasteiger partial charge in [0.05, 0.1) is 6.10 Å². The molecular formula is C17H24O. The van der Waals surface area contributed by atoms with Gasteiger partial charge in [0.15, 0.2) is 0 Å². The molecule has 0 bridgehead atoms. The molecule has 2 rings (SSSR count). The Morgan fingerprint density at radius 1 is 1.06 bits per heavy atom. The lowest BCUT2D eigenvalue weighted by molar-refractivity contribution is 0.175. The highest BCUT2D eigenvalue weighted by atomic mass is 16.3. The van der Waals surface area contributed by atoms with E-state index in [0.717, 1.165) is 12.0 Å². The van der Waals surface area contributed by atoms with Gasteiger partial charge in [-0.2, -0.15) is 0 Å². The molecule has 0 radical (unpaired) electrons. The van der Waals surface area contributed by atoms with Crippen molar-refractivity contribution >= 4 is 0 Å². The van der Waals surface area contributed by atoms with Crippen LogP contribution in [0, 0.1) is 20.8 Å². The van der Waals surface area contributed by atoms with Gasteiger partial charge in [-0.15, -0.1) is 0 Å². The average Bonchev–Trinajstić information content (AvgIpc) is 2.35. The third-order valence-electron chi connectivity index (χ3n) is 4.08. The largest absolute Gasteiger partial charge is 0.388 e. The van der Waals surface area contributed by atoms with Crippen LogP contribution in [0.15, 0.2) is 23.8 Å². The van der Waals surface area contributed by atoms with E-state index in [9.17, 15) is 5.11 Å². The molecule has 1 unspecified atom stereocenters. The number of aliphatic hydroxyl groups excluding tert-OH is 1. The van der Waals surface area contributed by atoms with Crippen molar-refractivity contribution in [2.45, 2.75) is 59.0 Å². The van der Waals surface area contributed by atoms with Gasteiger partial charge in [-0.05, 0) is 75.1 Å². The SMILES string of the molecule is Cc1cc(C)c(C(O)CC2=CCCCC2)cc1C. The smallest absolute Gasteiger partial charge is 0.0829 e. The Hall–Kier alpha value is -1.08. The minimum absolute atomic E-state index is 0.339. The quantitative estimate of drug-likeness (QED) is 0.774. The van der Waals surface area contributed by atoms with Crippen LogP contribution in [0.2, 0.25) is 0 Å². The Bertz CT molecular complexity index is 457. The molecule has 1 N–H and O–H groups in total. The molecule has 0 spiro atoms. The molecule has 1 aromatic rings. The molecule has 0 aromatic heterocycles. The standard InChI is InChI=1S/C17H24O/c1-12-9-14(3)16(10-13(12)2)17(18)11-15-7-5-4-6-8-15/h7,9-10,17-18H,4-6,8,11H2,1-3H3. The van der Waals surface area contributed by atoms with Gasteiger partial charge in [0.1, 0.15) is 0 Å². The van der Waals surface area contributed by atoms with Crippen LogP contribution in [0.1, 0.15) is 60.5 Å². The number of aliphatic hydroxyl groups is 1. The van der Waals surface area contributed by atoms with Gasteiger partial charge in [0, 0.05) is 0 Å². The Morgan fingerprint density at radius 3 is 2.44 bits per heavy atom. The molecule has 0 fully saturated rings. The molecule has 1 aliphatic rings. The Morgan fingerprint density at radius 2 is 1.78 bits per heavy atom. The fraction of sp³-hybridized carbons (Fsp3) is 0.529. The predicted molar refractivity (Wildman–Crippen MR) is 76.8 cm³/mol. The summed E-state index contributed by atoms with van der Waals surface area (Å²) in [7, 11) is 0. The van der Waals surface area contributed by atoms with Crippen molar-refractivity contribution in [1.29, 1.82) is 0 Å². The fourth-order valence-electron chi connectivity index (χ4n) is 2.79. The summed E-state index contributed by atoms with van der Waals surface area (Å²) in [5.74, 6) is 0. The maximum absolute atomic E-state index is 10.4. The van der Waals surface area contributed by atoms with E-state index in [2.05, 4.69) is 39.0 Å². The molecule has 0 saturated carbocycles. The van der Waals surface area contributed by atoms with Crippen LogP contribution in [-0.4, -0.2) is 5.11 Å². The van der Waals surface area contributed by atoms with Crippen molar-refractivity contribution < 1.29 is 5.11 Å². The molecule has 0 saturated heterocycles. The van der Waals surface area contributed by atoms with E-state index >= 15 is 0 Å². The molecule has 0 aliphatic heterocycles. The average molecular weight is 244 g/mol. The third-order valence-corrected chi connectivity index (χ3v) is 4.08. The number of benzene rings is 1. The molecule has 1 heteroatoms. The van der Waals surface area contributed by atoms with Crippen molar-refractivity contribution in [2.75, 3.05) is 0 Å². The van der Waals surface area contributed by atoms with Crippen molar-refractivity contribution in [3.05, 3.63) is 46.0 Å². The summed E-state index contributed by atoms with van der Waals surface area (Å²) >= 11 is 0. The van der Waals surface area contributed by atoms with Gasteiger partial charge in [-0.1, -0.05) is 23.8 Å². The number of hydrogen-bond donors (Lipinski definition) is 1. The summed E-state index contributed by atoms with van der Waals surface area (Å²) in [5.41, 5.74) is 6.32. The minimum Gasteiger partial charge on any atom is -0.388 e. The maximum Gasteiger partial charge on any atom is 0.0829 e. The van der Waals surface area contributed by atoms with Gasteiger partial charge in [0.2, 0.25) is 0 Å². The zero-order valence-corrected chi connectivity index (χ0v) is 11.8. The molecule has 1 aliphatic carbocycles. The molecular weight excluding hydrogens is 220 g/mol. The summed E-state index contributed by atoms with van der Waals surface area (Å²) in [6.07, 6.45) is 7.74. The number of allylic oxidation sites excluding steroid dienone is 1. The zero-order chi connectivity index (χ0) is 13.1. The Kier molecular flexibility index (Phi) is 4.23. The highest BCUT2D eigenvalue weighted by Crippen LogP contribution is 2.30. The van der Waals surface area contributed by atoms with Crippen molar-refractivity contribution in [1.82, 2.24) is 0 Å².